The van der Waals surface area contributed by atoms with Gasteiger partial charge < -0.3 is 22.7 Å². The second-order valence-corrected chi connectivity index (χ2v) is 13.3. The van der Waals surface area contributed by atoms with Gasteiger partial charge in [-0.15, -0.1) is 0 Å². The number of nitrogens with zero attached hydrogens (tertiary/aromatic N) is 1. The fourth-order valence-electron chi connectivity index (χ4n) is 5.05. The number of aromatic nitrogens is 1. The molecule has 1 aromatic heterocycles. The Morgan fingerprint density at radius 2 is 1.21 bits per heavy atom. The zero-order valence-electron chi connectivity index (χ0n) is 22.2. The first-order chi connectivity index (χ1) is 18.6. The van der Waals surface area contributed by atoms with Crippen molar-refractivity contribution in [2.75, 3.05) is 0 Å². The minimum absolute atomic E-state index is 0. The summed E-state index contributed by atoms with van der Waals surface area (Å²) in [7, 11) is -1.94. The Labute approximate surface area is 243 Å². The van der Waals surface area contributed by atoms with Crippen molar-refractivity contribution in [3.8, 4) is 0 Å². The van der Waals surface area contributed by atoms with Crippen molar-refractivity contribution in [2.24, 2.45) is 5.73 Å². The average molecular weight is 594 g/mol. The number of rotatable bonds is 9. The fourth-order valence-corrected chi connectivity index (χ4v) is 9.28. The van der Waals surface area contributed by atoms with Gasteiger partial charge in [-0.2, -0.15) is 0 Å². The van der Waals surface area contributed by atoms with Crippen LogP contribution in [-0.2, 0) is 12.6 Å². The van der Waals surface area contributed by atoms with E-state index in [4.69, 9.17) is 10.7 Å². The van der Waals surface area contributed by atoms with E-state index in [0.717, 1.165) is 24.0 Å². The van der Waals surface area contributed by atoms with Crippen molar-refractivity contribution in [3.05, 3.63) is 156 Å². The molecule has 196 valence electrons. The lowest BCUT2D eigenvalue weighted by molar-refractivity contribution is -0.00000777. The van der Waals surface area contributed by atoms with Gasteiger partial charge >= 0.3 is 0 Å². The van der Waals surface area contributed by atoms with E-state index in [1.807, 2.05) is 19.1 Å². The van der Waals surface area contributed by atoms with Gasteiger partial charge in [0.15, 0.2) is 0 Å². The molecule has 2 N–H and O–H groups in total. The molecule has 39 heavy (non-hydrogen) atoms. The van der Waals surface area contributed by atoms with Gasteiger partial charge in [0.25, 0.3) is 0 Å². The minimum atomic E-state index is -1.94. The van der Waals surface area contributed by atoms with E-state index < -0.39 is 7.26 Å². The maximum Gasteiger partial charge on any atom is 0.116 e. The third kappa shape index (κ3) is 6.99. The summed E-state index contributed by atoms with van der Waals surface area (Å²) in [4.78, 5) is 4.77. The van der Waals surface area contributed by atoms with Crippen molar-refractivity contribution in [1.29, 1.82) is 0 Å². The molecule has 0 radical (unpaired) electrons. The predicted molar refractivity (Wildman–Crippen MR) is 166 cm³/mol. The summed E-state index contributed by atoms with van der Waals surface area (Å²) in [5.74, 6) is 0. The molecule has 0 aliphatic rings. The third-order valence-corrected chi connectivity index (χ3v) is 11.1. The van der Waals surface area contributed by atoms with Crippen molar-refractivity contribution in [3.63, 3.8) is 0 Å². The van der Waals surface area contributed by atoms with Crippen molar-refractivity contribution >= 4 is 35.3 Å². The predicted octanol–water partition coefficient (Wildman–Crippen LogP) is 3.64. The first kappa shape index (κ1) is 28.6. The highest BCUT2D eigenvalue weighted by Crippen LogP contribution is 2.58. The van der Waals surface area contributed by atoms with Gasteiger partial charge in [-0.1, -0.05) is 84.9 Å². The van der Waals surface area contributed by atoms with Crippen molar-refractivity contribution in [2.45, 2.75) is 25.5 Å². The molecular weight excluding hydrogens is 559 g/mol. The molecule has 0 amide bonds. The first-order valence-corrected chi connectivity index (χ1v) is 15.1. The molecule has 0 fully saturated rings. The first-order valence-electron chi connectivity index (χ1n) is 13.2. The topological polar surface area (TPSA) is 38.9 Å². The molecule has 0 spiro atoms. The monoisotopic (exact) mass is 592 g/mol. The maximum absolute atomic E-state index is 5.98. The number of nitrogens with two attached hydrogens (primary N) is 1. The van der Waals surface area contributed by atoms with Gasteiger partial charge in [-0.05, 0) is 78.7 Å². The van der Waals surface area contributed by atoms with Gasteiger partial charge in [0, 0.05) is 18.2 Å². The third-order valence-electron chi connectivity index (χ3n) is 6.77. The van der Waals surface area contributed by atoms with Crippen LogP contribution in [-0.4, -0.2) is 11.0 Å². The highest BCUT2D eigenvalue weighted by molar-refractivity contribution is 7.95. The standard InChI is InChI=1S/C35H34N2P.BrH/c1-28(36)25-32-16-12-15-31(37-32)24-23-29-13-11-14-30(26-29)27-38(33-17-5-2-6-18-33,34-19-7-3-8-20-34)35-21-9-4-10-22-35;/h2-24,26,28H,25,27,36H2,1H3;1H/q+1;/p-1/b24-23-;. The zero-order valence-corrected chi connectivity index (χ0v) is 24.7. The van der Waals surface area contributed by atoms with Crippen LogP contribution in [0.2, 0.25) is 0 Å². The average Bonchev–Trinajstić information content (AvgIpc) is 2.96. The molecule has 0 bridgehead atoms. The molecule has 1 atom stereocenters. The van der Waals surface area contributed by atoms with Crippen LogP contribution in [0.3, 0.4) is 0 Å². The summed E-state index contributed by atoms with van der Waals surface area (Å²) >= 11 is 0. The summed E-state index contributed by atoms with van der Waals surface area (Å²) in [6.45, 7) is 2.01. The molecule has 1 unspecified atom stereocenters. The van der Waals surface area contributed by atoms with E-state index in [0.29, 0.717) is 0 Å². The van der Waals surface area contributed by atoms with E-state index in [2.05, 4.69) is 133 Å². The SMILES string of the molecule is CC(N)Cc1cccc(/C=C\c2cccc(C[P+](c3ccccc3)(c3ccccc3)c3ccccc3)c2)n1.[Br-]. The molecule has 0 saturated heterocycles. The highest BCUT2D eigenvalue weighted by Gasteiger charge is 2.45. The van der Waals surface area contributed by atoms with E-state index >= 15 is 0 Å². The van der Waals surface area contributed by atoms with Gasteiger partial charge in [0.05, 0.1) is 11.9 Å². The minimum Gasteiger partial charge on any atom is -1.00 e. The van der Waals surface area contributed by atoms with E-state index in [-0.39, 0.29) is 23.0 Å². The lowest BCUT2D eigenvalue weighted by Crippen LogP contribution is -3.00. The zero-order chi connectivity index (χ0) is 26.2. The molecule has 5 rings (SSSR count). The molecule has 0 saturated carbocycles. The Bertz CT molecular complexity index is 1390. The molecule has 1 heterocycles. The highest BCUT2D eigenvalue weighted by atomic mass is 79.9. The van der Waals surface area contributed by atoms with Crippen molar-refractivity contribution < 1.29 is 17.0 Å². The van der Waals surface area contributed by atoms with Gasteiger partial charge in [-0.25, -0.2) is 0 Å². The summed E-state index contributed by atoms with van der Waals surface area (Å²) in [6.07, 6.45) is 5.99. The van der Waals surface area contributed by atoms with E-state index in [1.54, 1.807) is 0 Å². The Kier molecular flexibility index (Phi) is 10.0. The lowest BCUT2D eigenvalue weighted by atomic mass is 10.1. The van der Waals surface area contributed by atoms with Gasteiger partial charge in [0.2, 0.25) is 0 Å². The smallest absolute Gasteiger partial charge is 0.116 e. The number of halogens is 1. The summed E-state index contributed by atoms with van der Waals surface area (Å²) in [6, 6.07) is 48.3. The second kappa shape index (κ2) is 13.6. The largest absolute Gasteiger partial charge is 1.00 e. The van der Waals surface area contributed by atoms with Crippen molar-refractivity contribution in [1.82, 2.24) is 4.98 Å². The summed E-state index contributed by atoms with van der Waals surface area (Å²) < 4.78 is 0. The van der Waals surface area contributed by atoms with Crippen LogP contribution in [0.25, 0.3) is 12.2 Å². The molecule has 0 aliphatic heterocycles. The molecule has 4 aromatic carbocycles. The molecular formula is C35H34BrN2P. The molecule has 0 aliphatic carbocycles. The van der Waals surface area contributed by atoms with Gasteiger partial charge in [-0.3, -0.25) is 4.98 Å². The van der Waals surface area contributed by atoms with Crippen LogP contribution >= 0.6 is 7.26 Å². The number of hydrogen-bond donors (Lipinski definition) is 1. The van der Waals surface area contributed by atoms with E-state index in [1.165, 1.54) is 27.0 Å². The Morgan fingerprint density at radius 1 is 0.667 bits per heavy atom. The summed E-state index contributed by atoms with van der Waals surface area (Å²) in [5, 5.41) is 4.19. The van der Waals surface area contributed by atoms with Crippen LogP contribution < -0.4 is 38.6 Å². The fraction of sp³-hybridized carbons (Fsp3) is 0.114. The molecule has 2 nitrogen and oxygen atoms in total. The quantitative estimate of drug-likeness (QED) is 0.265. The van der Waals surface area contributed by atoms with Crippen LogP contribution in [0.4, 0.5) is 0 Å². The maximum atomic E-state index is 5.98. The normalized spacial score (nSPS) is 12.2. The molecule has 4 heteroatoms. The van der Waals surface area contributed by atoms with Crippen LogP contribution in [0, 0.1) is 0 Å². The number of benzene rings is 4. The molecule has 5 aromatic rings. The Balaban J connectivity index is 0.00000353. The Morgan fingerprint density at radius 3 is 1.74 bits per heavy atom. The van der Waals surface area contributed by atoms with Crippen LogP contribution in [0.5, 0.6) is 0 Å². The number of hydrogen-bond acceptors (Lipinski definition) is 2. The lowest BCUT2D eigenvalue weighted by Gasteiger charge is -2.28. The van der Waals surface area contributed by atoms with Gasteiger partial charge in [0.1, 0.15) is 23.2 Å². The van der Waals surface area contributed by atoms with Crippen LogP contribution in [0.1, 0.15) is 29.4 Å². The second-order valence-electron chi connectivity index (χ2n) is 9.79. The Hall–Kier alpha value is -3.36. The van der Waals surface area contributed by atoms with E-state index in [9.17, 15) is 0 Å². The summed E-state index contributed by atoms with van der Waals surface area (Å²) in [5.41, 5.74) is 10.5. The van der Waals surface area contributed by atoms with Crippen LogP contribution in [0.15, 0.2) is 133 Å². The number of pyridine rings is 1.